The maximum atomic E-state index is 14.2. The minimum absolute atomic E-state index is 0.163. The number of amides is 2. The van der Waals surface area contributed by atoms with Crippen LogP contribution >= 0.6 is 0 Å². The van der Waals surface area contributed by atoms with E-state index in [2.05, 4.69) is 13.2 Å². The van der Waals surface area contributed by atoms with Crippen molar-refractivity contribution in [3.63, 3.8) is 0 Å². The third-order valence-electron chi connectivity index (χ3n) is 6.69. The van der Waals surface area contributed by atoms with Crippen LogP contribution in [0, 0.1) is 0 Å². The largest absolute Gasteiger partial charge is 0.489 e. The topological polar surface area (TPSA) is 67.9 Å². The predicted octanol–water partition coefficient (Wildman–Crippen LogP) is 6.75. The second kappa shape index (κ2) is 13.7. The first-order chi connectivity index (χ1) is 20.2. The molecule has 6 nitrogen and oxygen atoms in total. The van der Waals surface area contributed by atoms with E-state index < -0.39 is 30.6 Å². The lowest BCUT2D eigenvalue weighted by Crippen LogP contribution is -2.50. The molecule has 0 bridgehead atoms. The van der Waals surface area contributed by atoms with E-state index in [9.17, 15) is 22.8 Å². The Kier molecular flexibility index (Phi) is 9.85. The van der Waals surface area contributed by atoms with Crippen LogP contribution in [0.25, 0.3) is 0 Å². The Hall–Kier alpha value is -4.79. The van der Waals surface area contributed by atoms with Crippen LogP contribution < -0.4 is 14.8 Å². The van der Waals surface area contributed by atoms with Crippen LogP contribution in [0.5, 0.6) is 11.5 Å². The summed E-state index contributed by atoms with van der Waals surface area (Å²) in [6.45, 7) is 7.82. The Labute approximate surface area is 242 Å². The van der Waals surface area contributed by atoms with Crippen molar-refractivity contribution in [2.75, 3.05) is 6.54 Å². The average Bonchev–Trinajstić information content (AvgIpc) is 2.99. The molecular formula is C33H31F3N2O4. The van der Waals surface area contributed by atoms with Crippen LogP contribution in [0.15, 0.2) is 115 Å². The molecule has 3 aromatic rings. The maximum absolute atomic E-state index is 14.2. The quantitative estimate of drug-likeness (QED) is 0.290. The fraction of sp³-hybridized carbons (Fsp3) is 0.212. The van der Waals surface area contributed by atoms with Crippen molar-refractivity contribution < 1.29 is 32.2 Å². The van der Waals surface area contributed by atoms with E-state index in [1.807, 2.05) is 66.0 Å². The van der Waals surface area contributed by atoms with Gasteiger partial charge in [-0.15, -0.1) is 0 Å². The highest BCUT2D eigenvalue weighted by Crippen LogP contribution is 2.35. The molecule has 3 aromatic carbocycles. The van der Waals surface area contributed by atoms with E-state index in [0.717, 1.165) is 11.1 Å². The van der Waals surface area contributed by atoms with Gasteiger partial charge < -0.3 is 19.7 Å². The van der Waals surface area contributed by atoms with Crippen LogP contribution in [0.3, 0.4) is 0 Å². The second-order valence-corrected chi connectivity index (χ2v) is 9.67. The molecule has 1 heterocycles. The Morgan fingerprint density at radius 1 is 0.952 bits per heavy atom. The minimum atomic E-state index is -5.04. The van der Waals surface area contributed by atoms with Crippen LogP contribution in [0.2, 0.25) is 0 Å². The fourth-order valence-electron chi connectivity index (χ4n) is 4.55. The molecule has 42 heavy (non-hydrogen) atoms. The molecule has 9 heteroatoms. The number of hydrogen-bond acceptors (Lipinski definition) is 4. The lowest BCUT2D eigenvalue weighted by Gasteiger charge is -2.39. The molecule has 1 unspecified atom stereocenters. The highest BCUT2D eigenvalue weighted by Gasteiger charge is 2.40. The summed E-state index contributed by atoms with van der Waals surface area (Å²) in [5, 5.41) is 1.92. The first-order valence-corrected chi connectivity index (χ1v) is 13.3. The standard InChI is InChI=1S/C33H31F3N2O4/c1-3-10-29-23(2)15-16-26(20-37-32(40)33(34,35)36)38(29)31(39)28-18-17-27(41-21-24-11-6-4-7-12-24)19-30(28)42-22-25-13-8-5-9-14-25/h3-14,17-19,26H,1-2,15-16,20-22H2,(H,37,40)/b29-10+. The van der Waals surface area contributed by atoms with Gasteiger partial charge in [0.15, 0.2) is 0 Å². The van der Waals surface area contributed by atoms with Crippen LogP contribution in [-0.4, -0.2) is 35.5 Å². The number of nitrogens with one attached hydrogen (secondary N) is 1. The number of halogens is 3. The molecule has 2 amide bonds. The van der Waals surface area contributed by atoms with Gasteiger partial charge in [-0.05, 0) is 47.8 Å². The first kappa shape index (κ1) is 30.2. The van der Waals surface area contributed by atoms with E-state index in [4.69, 9.17) is 9.47 Å². The molecule has 1 aliphatic heterocycles. The van der Waals surface area contributed by atoms with Gasteiger partial charge in [-0.2, -0.15) is 13.2 Å². The molecule has 1 saturated heterocycles. The SMILES string of the molecule is C=C/C=C1\C(=C)CCC(CNC(=O)C(F)(F)F)N1C(=O)c1ccc(OCc2ccccc2)cc1OCc1ccccc1. The summed E-state index contributed by atoms with van der Waals surface area (Å²) < 4.78 is 50.8. The number of alkyl halides is 3. The number of hydrogen-bond donors (Lipinski definition) is 1. The summed E-state index contributed by atoms with van der Waals surface area (Å²) in [6, 6.07) is 23.0. The zero-order valence-corrected chi connectivity index (χ0v) is 22.9. The number of ether oxygens (including phenoxy) is 2. The van der Waals surface area contributed by atoms with Gasteiger partial charge in [0.05, 0.1) is 11.6 Å². The van der Waals surface area contributed by atoms with Gasteiger partial charge >= 0.3 is 12.1 Å². The van der Waals surface area contributed by atoms with Crippen LogP contribution in [-0.2, 0) is 18.0 Å². The number of likely N-dealkylation sites (tertiary alicyclic amines) is 1. The summed E-state index contributed by atoms with van der Waals surface area (Å²) in [6.07, 6.45) is -1.25. The third-order valence-corrected chi connectivity index (χ3v) is 6.69. The lowest BCUT2D eigenvalue weighted by atomic mass is 9.93. The second-order valence-electron chi connectivity index (χ2n) is 9.67. The average molecular weight is 577 g/mol. The predicted molar refractivity (Wildman–Crippen MR) is 154 cm³/mol. The Balaban J connectivity index is 1.66. The first-order valence-electron chi connectivity index (χ1n) is 13.3. The highest BCUT2D eigenvalue weighted by atomic mass is 19.4. The number of allylic oxidation sites excluding steroid dienone is 3. The van der Waals surface area contributed by atoms with Crippen molar-refractivity contribution in [3.8, 4) is 11.5 Å². The van der Waals surface area contributed by atoms with Crippen molar-refractivity contribution in [3.05, 3.63) is 132 Å². The Bertz CT molecular complexity index is 1450. The molecule has 1 aliphatic rings. The number of carbonyl (C=O) groups is 2. The fourth-order valence-corrected chi connectivity index (χ4v) is 4.55. The van der Waals surface area contributed by atoms with Gasteiger partial charge in [-0.25, -0.2) is 0 Å². The zero-order valence-electron chi connectivity index (χ0n) is 22.9. The Morgan fingerprint density at radius 2 is 1.57 bits per heavy atom. The molecule has 0 radical (unpaired) electrons. The molecule has 0 aliphatic carbocycles. The van der Waals surface area contributed by atoms with Crippen LogP contribution in [0.4, 0.5) is 13.2 Å². The molecule has 218 valence electrons. The number of carbonyl (C=O) groups excluding carboxylic acids is 2. The molecule has 0 saturated carbocycles. The molecule has 0 aromatic heterocycles. The number of piperidine rings is 1. The van der Waals surface area contributed by atoms with Gasteiger partial charge in [0.25, 0.3) is 5.91 Å². The molecule has 4 rings (SSSR count). The number of nitrogens with zero attached hydrogens (tertiary/aromatic N) is 1. The maximum Gasteiger partial charge on any atom is 0.471 e. The Morgan fingerprint density at radius 3 is 2.17 bits per heavy atom. The minimum Gasteiger partial charge on any atom is -0.489 e. The van der Waals surface area contributed by atoms with Crippen molar-refractivity contribution in [1.82, 2.24) is 10.2 Å². The van der Waals surface area contributed by atoms with Crippen LogP contribution in [0.1, 0.15) is 34.3 Å². The van der Waals surface area contributed by atoms with Gasteiger partial charge in [-0.1, -0.05) is 79.9 Å². The van der Waals surface area contributed by atoms with Crippen molar-refractivity contribution in [1.29, 1.82) is 0 Å². The zero-order chi connectivity index (χ0) is 30.1. The molecule has 1 N–H and O–H groups in total. The van der Waals surface area contributed by atoms with Gasteiger partial charge in [0.1, 0.15) is 24.7 Å². The monoisotopic (exact) mass is 576 g/mol. The van der Waals surface area contributed by atoms with Gasteiger partial charge in [0, 0.05) is 18.3 Å². The summed E-state index contributed by atoms with van der Waals surface area (Å²) in [4.78, 5) is 27.1. The normalized spacial score (nSPS) is 16.2. The van der Waals surface area contributed by atoms with E-state index in [0.29, 0.717) is 36.5 Å². The third kappa shape index (κ3) is 7.69. The summed E-state index contributed by atoms with van der Waals surface area (Å²) >= 11 is 0. The van der Waals surface area contributed by atoms with E-state index >= 15 is 0 Å². The molecule has 0 spiro atoms. The summed E-state index contributed by atoms with van der Waals surface area (Å²) in [7, 11) is 0. The summed E-state index contributed by atoms with van der Waals surface area (Å²) in [5.41, 5.74) is 3.04. The molecular weight excluding hydrogens is 545 g/mol. The van der Waals surface area contributed by atoms with Gasteiger partial charge in [-0.3, -0.25) is 9.59 Å². The lowest BCUT2D eigenvalue weighted by molar-refractivity contribution is -0.173. The van der Waals surface area contributed by atoms with Crippen molar-refractivity contribution in [2.45, 2.75) is 38.3 Å². The molecule has 1 atom stereocenters. The smallest absolute Gasteiger partial charge is 0.471 e. The summed E-state index contributed by atoms with van der Waals surface area (Å²) in [5.74, 6) is -1.88. The van der Waals surface area contributed by atoms with Crippen molar-refractivity contribution >= 4 is 11.8 Å². The number of rotatable bonds is 10. The van der Waals surface area contributed by atoms with Gasteiger partial charge in [0.2, 0.25) is 0 Å². The van der Waals surface area contributed by atoms with E-state index in [1.54, 1.807) is 24.3 Å². The van der Waals surface area contributed by atoms with Crippen molar-refractivity contribution in [2.24, 2.45) is 0 Å². The number of benzene rings is 3. The molecule has 1 fully saturated rings. The highest BCUT2D eigenvalue weighted by molar-refractivity contribution is 5.99. The van der Waals surface area contributed by atoms with E-state index in [-0.39, 0.29) is 17.9 Å². The van der Waals surface area contributed by atoms with E-state index in [1.165, 1.54) is 11.0 Å².